The molecule has 0 bridgehead atoms. The van der Waals surface area contributed by atoms with Crippen LogP contribution in [0.5, 0.6) is 0 Å². The van der Waals surface area contributed by atoms with Gasteiger partial charge in [-0.05, 0) is 36.2 Å². The molecule has 0 saturated heterocycles. The Morgan fingerprint density at radius 3 is 2.72 bits per heavy atom. The fraction of sp³-hybridized carbons (Fsp3) is 0.154. The molecule has 0 unspecified atom stereocenters. The summed E-state index contributed by atoms with van der Waals surface area (Å²) in [7, 11) is -3.39. The number of nitrogens with two attached hydrogens (primary N) is 1. The van der Waals surface area contributed by atoms with Gasteiger partial charge >= 0.3 is 0 Å². The van der Waals surface area contributed by atoms with Crippen molar-refractivity contribution in [2.45, 2.75) is 17.6 Å². The summed E-state index contributed by atoms with van der Waals surface area (Å²) in [5, 5.41) is 0. The van der Waals surface area contributed by atoms with E-state index in [0.717, 1.165) is 0 Å². The lowest BCUT2D eigenvalue weighted by atomic mass is 10.2. The lowest BCUT2D eigenvalue weighted by molar-refractivity contribution is 0.594. The van der Waals surface area contributed by atoms with Crippen molar-refractivity contribution in [3.63, 3.8) is 0 Å². The topological polar surface area (TPSA) is 73.1 Å². The minimum atomic E-state index is -3.39. The summed E-state index contributed by atoms with van der Waals surface area (Å²) in [4.78, 5) is 4.20. The second-order valence-corrected chi connectivity index (χ2v) is 6.10. The van der Waals surface area contributed by atoms with Crippen molar-refractivity contribution < 1.29 is 8.42 Å². The van der Waals surface area contributed by atoms with E-state index in [1.54, 1.807) is 43.6 Å². The summed E-state index contributed by atoms with van der Waals surface area (Å²) < 4.78 is 24.6. The van der Waals surface area contributed by atoms with Gasteiger partial charge in [-0.15, -0.1) is 0 Å². The van der Waals surface area contributed by atoms with Gasteiger partial charge in [-0.3, -0.25) is 4.98 Å². The van der Waals surface area contributed by atoms with Crippen LogP contribution in [-0.2, 0) is 15.6 Å². The van der Waals surface area contributed by atoms with Gasteiger partial charge in [0.05, 0.1) is 10.6 Å². The monoisotopic (exact) mass is 262 g/mol. The fourth-order valence-electron chi connectivity index (χ4n) is 1.73. The van der Waals surface area contributed by atoms with Crippen LogP contribution >= 0.6 is 0 Å². The Labute approximate surface area is 106 Å². The van der Waals surface area contributed by atoms with E-state index in [4.69, 9.17) is 5.73 Å². The SMILES string of the molecule is Cc1ccc(N)cc1S(=O)(=O)Cc1cccnc1. The molecule has 0 spiro atoms. The number of hydrogen-bond acceptors (Lipinski definition) is 4. The molecule has 1 heterocycles. The van der Waals surface area contributed by atoms with Crippen LogP contribution in [0, 0.1) is 6.92 Å². The van der Waals surface area contributed by atoms with E-state index in [2.05, 4.69) is 4.98 Å². The van der Waals surface area contributed by atoms with Crippen LogP contribution in [0.2, 0.25) is 0 Å². The van der Waals surface area contributed by atoms with E-state index in [-0.39, 0.29) is 10.6 Å². The molecule has 0 amide bonds. The first-order chi connectivity index (χ1) is 8.49. The third kappa shape index (κ3) is 2.68. The van der Waals surface area contributed by atoms with E-state index in [9.17, 15) is 8.42 Å². The molecular weight excluding hydrogens is 248 g/mol. The lowest BCUT2D eigenvalue weighted by Gasteiger charge is -2.08. The predicted molar refractivity (Wildman–Crippen MR) is 70.7 cm³/mol. The van der Waals surface area contributed by atoms with E-state index < -0.39 is 9.84 Å². The van der Waals surface area contributed by atoms with Crippen molar-refractivity contribution >= 4 is 15.5 Å². The van der Waals surface area contributed by atoms with Gasteiger partial charge in [0.25, 0.3) is 0 Å². The maximum absolute atomic E-state index is 12.3. The Hall–Kier alpha value is -1.88. The van der Waals surface area contributed by atoms with Gasteiger partial charge in [-0.25, -0.2) is 8.42 Å². The first-order valence-electron chi connectivity index (χ1n) is 5.47. The molecular formula is C13H14N2O2S. The molecule has 5 heteroatoms. The van der Waals surface area contributed by atoms with Crippen LogP contribution in [0.25, 0.3) is 0 Å². The normalized spacial score (nSPS) is 11.4. The summed E-state index contributed by atoms with van der Waals surface area (Å²) in [5.41, 5.74) is 7.46. The minimum Gasteiger partial charge on any atom is -0.399 e. The smallest absolute Gasteiger partial charge is 0.182 e. The van der Waals surface area contributed by atoms with Crippen molar-refractivity contribution in [1.29, 1.82) is 0 Å². The van der Waals surface area contributed by atoms with Crippen LogP contribution in [0.1, 0.15) is 11.1 Å². The second kappa shape index (κ2) is 4.78. The number of sulfone groups is 1. The molecule has 1 aromatic carbocycles. The molecule has 2 aromatic rings. The second-order valence-electron chi connectivity index (χ2n) is 4.15. The molecule has 2 N–H and O–H groups in total. The van der Waals surface area contributed by atoms with E-state index >= 15 is 0 Å². The number of aromatic nitrogens is 1. The average Bonchev–Trinajstić information content (AvgIpc) is 2.33. The van der Waals surface area contributed by atoms with Crippen molar-refractivity contribution in [3.8, 4) is 0 Å². The van der Waals surface area contributed by atoms with Crippen molar-refractivity contribution in [3.05, 3.63) is 53.9 Å². The molecule has 0 aliphatic carbocycles. The highest BCUT2D eigenvalue weighted by atomic mass is 32.2. The Morgan fingerprint density at radius 1 is 1.28 bits per heavy atom. The maximum atomic E-state index is 12.3. The van der Waals surface area contributed by atoms with E-state index in [0.29, 0.717) is 16.8 Å². The van der Waals surface area contributed by atoms with Crippen LogP contribution in [-0.4, -0.2) is 13.4 Å². The molecule has 18 heavy (non-hydrogen) atoms. The summed E-state index contributed by atoms with van der Waals surface area (Å²) in [5.74, 6) is -0.0644. The number of pyridine rings is 1. The molecule has 94 valence electrons. The minimum absolute atomic E-state index is 0.0644. The number of benzene rings is 1. The molecule has 0 saturated carbocycles. The number of nitrogens with zero attached hydrogens (tertiary/aromatic N) is 1. The standard InChI is InChI=1S/C13H14N2O2S/c1-10-4-5-12(14)7-13(10)18(16,17)9-11-3-2-6-15-8-11/h2-8H,9,14H2,1H3. The van der Waals surface area contributed by atoms with Gasteiger partial charge in [0.15, 0.2) is 9.84 Å². The van der Waals surface area contributed by atoms with Gasteiger partial charge < -0.3 is 5.73 Å². The van der Waals surface area contributed by atoms with Crippen molar-refractivity contribution in [1.82, 2.24) is 4.98 Å². The van der Waals surface area contributed by atoms with Crippen molar-refractivity contribution in [2.24, 2.45) is 0 Å². The molecule has 0 aliphatic heterocycles. The number of aryl methyl sites for hydroxylation is 1. The summed E-state index contributed by atoms with van der Waals surface area (Å²) >= 11 is 0. The Bertz CT molecular complexity index is 652. The maximum Gasteiger partial charge on any atom is 0.182 e. The molecule has 0 radical (unpaired) electrons. The van der Waals surface area contributed by atoms with Gasteiger partial charge in [0.1, 0.15) is 0 Å². The highest BCUT2D eigenvalue weighted by molar-refractivity contribution is 7.90. The lowest BCUT2D eigenvalue weighted by Crippen LogP contribution is -2.07. The number of anilines is 1. The Kier molecular flexibility index (Phi) is 3.34. The van der Waals surface area contributed by atoms with E-state index in [1.807, 2.05) is 0 Å². The van der Waals surface area contributed by atoms with Gasteiger partial charge in [0, 0.05) is 18.1 Å². The largest absolute Gasteiger partial charge is 0.399 e. The van der Waals surface area contributed by atoms with Gasteiger partial charge in [0.2, 0.25) is 0 Å². The summed E-state index contributed by atoms with van der Waals surface area (Å²) in [6.45, 7) is 1.76. The van der Waals surface area contributed by atoms with Crippen molar-refractivity contribution in [2.75, 3.05) is 5.73 Å². The zero-order chi connectivity index (χ0) is 13.2. The third-order valence-electron chi connectivity index (χ3n) is 2.63. The molecule has 0 atom stereocenters. The molecule has 1 aromatic heterocycles. The highest BCUT2D eigenvalue weighted by Crippen LogP contribution is 2.22. The van der Waals surface area contributed by atoms with Crippen LogP contribution in [0.15, 0.2) is 47.6 Å². The van der Waals surface area contributed by atoms with Crippen LogP contribution in [0.3, 0.4) is 0 Å². The van der Waals surface area contributed by atoms with Gasteiger partial charge in [-0.2, -0.15) is 0 Å². The van der Waals surface area contributed by atoms with Crippen LogP contribution < -0.4 is 5.73 Å². The number of nitrogen functional groups attached to an aromatic ring is 1. The predicted octanol–water partition coefficient (Wildman–Crippen LogP) is 1.95. The Morgan fingerprint density at radius 2 is 2.06 bits per heavy atom. The van der Waals surface area contributed by atoms with E-state index in [1.165, 1.54) is 6.07 Å². The number of rotatable bonds is 3. The van der Waals surface area contributed by atoms with Gasteiger partial charge in [-0.1, -0.05) is 12.1 Å². The molecule has 0 fully saturated rings. The Balaban J connectivity index is 2.40. The summed E-state index contributed by atoms with van der Waals surface area (Å²) in [6, 6.07) is 8.37. The first kappa shape index (κ1) is 12.6. The molecule has 2 rings (SSSR count). The first-order valence-corrected chi connectivity index (χ1v) is 7.12. The summed E-state index contributed by atoms with van der Waals surface area (Å²) in [6.07, 6.45) is 3.17. The zero-order valence-corrected chi connectivity index (χ0v) is 10.8. The fourth-order valence-corrected chi connectivity index (χ4v) is 3.37. The highest BCUT2D eigenvalue weighted by Gasteiger charge is 2.18. The third-order valence-corrected chi connectivity index (χ3v) is 4.45. The zero-order valence-electron chi connectivity index (χ0n) is 10.00. The molecule has 4 nitrogen and oxygen atoms in total. The number of hydrogen-bond donors (Lipinski definition) is 1. The molecule has 0 aliphatic rings. The average molecular weight is 262 g/mol. The van der Waals surface area contributed by atoms with Crippen LogP contribution in [0.4, 0.5) is 5.69 Å². The quantitative estimate of drug-likeness (QED) is 0.858.